The minimum Gasteiger partial charge on any atom is -0.364 e. The van der Waals surface area contributed by atoms with Crippen molar-refractivity contribution < 1.29 is 4.79 Å². The molecule has 0 radical (unpaired) electrons. The number of anilines is 1. The number of carbonyl (C=O) groups is 1. The Morgan fingerprint density at radius 3 is 2.41 bits per heavy atom. The molecule has 0 saturated carbocycles. The van der Waals surface area contributed by atoms with Gasteiger partial charge in [0.15, 0.2) is 11.5 Å². The minimum absolute atomic E-state index is 0.0635. The van der Waals surface area contributed by atoms with Crippen LogP contribution in [-0.2, 0) is 11.8 Å². The zero-order valence-corrected chi connectivity index (χ0v) is 19.2. The molecule has 0 atom stereocenters. The Morgan fingerprint density at radius 1 is 1.12 bits per heavy atom. The van der Waals surface area contributed by atoms with Crippen molar-refractivity contribution >= 4 is 28.8 Å². The van der Waals surface area contributed by atoms with Gasteiger partial charge >= 0.3 is 0 Å². The number of nitrogens with zero attached hydrogens (tertiary/aromatic N) is 8. The van der Waals surface area contributed by atoms with Gasteiger partial charge in [0, 0.05) is 25.8 Å². The molecule has 0 saturated heterocycles. The van der Waals surface area contributed by atoms with Gasteiger partial charge < -0.3 is 10.6 Å². The van der Waals surface area contributed by atoms with Gasteiger partial charge in [-0.05, 0) is 52.8 Å². The Kier molecular flexibility index (Phi) is 5.37. The van der Waals surface area contributed by atoms with E-state index in [1.165, 1.54) is 0 Å². The average molecular weight is 434 g/mol. The van der Waals surface area contributed by atoms with Crippen molar-refractivity contribution in [2.45, 2.75) is 34.6 Å². The molecule has 1 aliphatic heterocycles. The van der Waals surface area contributed by atoms with Crippen molar-refractivity contribution in [1.29, 1.82) is 0 Å². The number of nitrogens with two attached hydrogens (primary N) is 1. The second-order valence-corrected chi connectivity index (χ2v) is 7.70. The molecular weight excluding hydrogens is 406 g/mol. The number of aromatic nitrogens is 5. The number of carbonyl (C=O) groups excluding carboxylic acids is 1. The highest BCUT2D eigenvalue weighted by Gasteiger charge is 2.33. The van der Waals surface area contributed by atoms with E-state index in [1.54, 1.807) is 9.36 Å². The van der Waals surface area contributed by atoms with E-state index in [0.717, 1.165) is 41.7 Å². The lowest BCUT2D eigenvalue weighted by atomic mass is 10.2. The SMILES string of the molecule is CCN(CC)c1ccc(N=C2C(C(N)=O)=Nn3c2nc(C)c3-c2cc(C)n(C)n2)c(C)n1. The summed E-state index contributed by atoms with van der Waals surface area (Å²) in [4.78, 5) is 28.4. The first-order chi connectivity index (χ1) is 15.2. The molecule has 0 bridgehead atoms. The highest BCUT2D eigenvalue weighted by molar-refractivity contribution is 6.70. The van der Waals surface area contributed by atoms with Crippen molar-refractivity contribution in [2.75, 3.05) is 18.0 Å². The summed E-state index contributed by atoms with van der Waals surface area (Å²) >= 11 is 0. The molecule has 0 aromatic carbocycles. The predicted octanol–water partition coefficient (Wildman–Crippen LogP) is 2.27. The van der Waals surface area contributed by atoms with Crippen LogP contribution in [0.25, 0.3) is 11.4 Å². The van der Waals surface area contributed by atoms with Crippen LogP contribution in [0, 0.1) is 20.8 Å². The van der Waals surface area contributed by atoms with Crippen LogP contribution >= 0.6 is 0 Å². The van der Waals surface area contributed by atoms with Crippen LogP contribution in [0.1, 0.15) is 36.8 Å². The fourth-order valence-electron chi connectivity index (χ4n) is 3.76. The number of imidazole rings is 1. The smallest absolute Gasteiger partial charge is 0.271 e. The third kappa shape index (κ3) is 3.47. The molecule has 2 N–H and O–H groups in total. The second-order valence-electron chi connectivity index (χ2n) is 7.70. The first-order valence-corrected chi connectivity index (χ1v) is 10.6. The summed E-state index contributed by atoms with van der Waals surface area (Å²) in [5.74, 6) is 0.680. The fraction of sp³-hybridized carbons (Fsp3) is 0.364. The number of hydrogen-bond acceptors (Lipinski definition) is 7. The van der Waals surface area contributed by atoms with Crippen LogP contribution in [0.3, 0.4) is 0 Å². The quantitative estimate of drug-likeness (QED) is 0.639. The molecule has 1 amide bonds. The highest BCUT2D eigenvalue weighted by Crippen LogP contribution is 2.29. The van der Waals surface area contributed by atoms with E-state index in [9.17, 15) is 4.79 Å². The van der Waals surface area contributed by atoms with E-state index < -0.39 is 5.91 Å². The number of fused-ring (bicyclic) bond motifs is 1. The second kappa shape index (κ2) is 8.03. The molecule has 1 aliphatic rings. The van der Waals surface area contributed by atoms with E-state index in [-0.39, 0.29) is 5.71 Å². The van der Waals surface area contributed by atoms with Crippen LogP contribution in [0.5, 0.6) is 0 Å². The topological polar surface area (TPSA) is 120 Å². The van der Waals surface area contributed by atoms with E-state index in [1.807, 2.05) is 46.0 Å². The van der Waals surface area contributed by atoms with Crippen LogP contribution in [0.15, 0.2) is 28.3 Å². The van der Waals surface area contributed by atoms with Crippen molar-refractivity contribution in [3.8, 4) is 11.4 Å². The van der Waals surface area contributed by atoms with E-state index in [4.69, 9.17) is 10.7 Å². The first-order valence-electron chi connectivity index (χ1n) is 10.6. The molecule has 3 aromatic heterocycles. The number of aliphatic imine (C=N–C) groups is 1. The summed E-state index contributed by atoms with van der Waals surface area (Å²) in [6, 6.07) is 5.77. The largest absolute Gasteiger partial charge is 0.364 e. The van der Waals surface area contributed by atoms with Crippen molar-refractivity contribution in [2.24, 2.45) is 22.9 Å². The summed E-state index contributed by atoms with van der Waals surface area (Å²) in [7, 11) is 1.87. The van der Waals surface area contributed by atoms with Gasteiger partial charge in [-0.2, -0.15) is 10.2 Å². The standard InChI is InChI=1S/C22H27N9O/c1-7-30(8-2)17-10-9-15(13(4)24-17)26-19-18(21(23)32)28-31-20(14(5)25-22(19)31)16-11-12(3)29(6)27-16/h9-11H,7-8H2,1-6H3,(H2,23,32). The third-order valence-corrected chi connectivity index (χ3v) is 5.62. The van der Waals surface area contributed by atoms with Crippen molar-refractivity contribution in [3.05, 3.63) is 41.1 Å². The zero-order valence-electron chi connectivity index (χ0n) is 19.2. The third-order valence-electron chi connectivity index (χ3n) is 5.62. The summed E-state index contributed by atoms with van der Waals surface area (Å²) < 4.78 is 3.38. The first kappa shape index (κ1) is 21.4. The Labute approximate surface area is 186 Å². The lowest BCUT2D eigenvalue weighted by Gasteiger charge is -2.20. The van der Waals surface area contributed by atoms with Crippen molar-refractivity contribution in [3.63, 3.8) is 0 Å². The number of hydrogen-bond donors (Lipinski definition) is 1. The minimum atomic E-state index is -0.666. The molecule has 166 valence electrons. The molecule has 32 heavy (non-hydrogen) atoms. The predicted molar refractivity (Wildman–Crippen MR) is 125 cm³/mol. The molecule has 0 unspecified atom stereocenters. The summed E-state index contributed by atoms with van der Waals surface area (Å²) in [5.41, 5.74) is 10.6. The van der Waals surface area contributed by atoms with E-state index in [2.05, 4.69) is 38.9 Å². The number of primary amides is 1. The van der Waals surface area contributed by atoms with Gasteiger partial charge in [-0.1, -0.05) is 0 Å². The molecule has 4 heterocycles. The Balaban J connectivity index is 1.83. The molecule has 0 spiro atoms. The van der Waals surface area contributed by atoms with Crippen LogP contribution in [0.2, 0.25) is 0 Å². The van der Waals surface area contributed by atoms with Gasteiger partial charge in [-0.15, -0.1) is 0 Å². The number of rotatable bonds is 6. The molecule has 10 nitrogen and oxygen atoms in total. The molecule has 0 fully saturated rings. The number of amides is 1. The average Bonchev–Trinajstić information content (AvgIpc) is 3.36. The summed E-state index contributed by atoms with van der Waals surface area (Å²) in [6.45, 7) is 11.6. The van der Waals surface area contributed by atoms with E-state index >= 15 is 0 Å². The molecule has 10 heteroatoms. The Morgan fingerprint density at radius 2 is 1.84 bits per heavy atom. The lowest BCUT2D eigenvalue weighted by Crippen LogP contribution is -2.29. The Bertz CT molecular complexity index is 1260. The zero-order chi connectivity index (χ0) is 23.2. The normalized spacial score (nSPS) is 14.1. The van der Waals surface area contributed by atoms with Gasteiger partial charge in [0.1, 0.15) is 22.9 Å². The Hall–Kier alpha value is -3.82. The molecule has 0 aliphatic carbocycles. The van der Waals surface area contributed by atoms with Gasteiger partial charge in [-0.25, -0.2) is 19.6 Å². The molecule has 3 aromatic rings. The van der Waals surface area contributed by atoms with Gasteiger partial charge in [0.05, 0.1) is 17.1 Å². The van der Waals surface area contributed by atoms with Gasteiger partial charge in [0.2, 0.25) is 0 Å². The highest BCUT2D eigenvalue weighted by atomic mass is 16.1. The summed E-state index contributed by atoms with van der Waals surface area (Å²) in [6.07, 6.45) is 0. The maximum Gasteiger partial charge on any atom is 0.271 e. The van der Waals surface area contributed by atoms with Crippen molar-refractivity contribution in [1.82, 2.24) is 24.4 Å². The molecule has 4 rings (SSSR count). The maximum absolute atomic E-state index is 12.2. The number of pyridine rings is 1. The van der Waals surface area contributed by atoms with Crippen LogP contribution in [-0.4, -0.2) is 54.8 Å². The summed E-state index contributed by atoms with van der Waals surface area (Å²) in [5, 5.41) is 9.00. The van der Waals surface area contributed by atoms with Crippen LogP contribution in [0.4, 0.5) is 11.5 Å². The lowest BCUT2D eigenvalue weighted by molar-refractivity contribution is -0.111. The van der Waals surface area contributed by atoms with Gasteiger partial charge in [-0.3, -0.25) is 9.48 Å². The van der Waals surface area contributed by atoms with Crippen LogP contribution < -0.4 is 10.6 Å². The fourth-order valence-corrected chi connectivity index (χ4v) is 3.76. The molecular formula is C22H27N9O. The van der Waals surface area contributed by atoms with Gasteiger partial charge in [0.25, 0.3) is 5.91 Å². The maximum atomic E-state index is 12.2. The van der Waals surface area contributed by atoms with E-state index in [0.29, 0.717) is 22.9 Å². The monoisotopic (exact) mass is 433 g/mol. The number of aryl methyl sites for hydroxylation is 4.